The highest BCUT2D eigenvalue weighted by Crippen LogP contribution is 2.16. The Hall–Kier alpha value is -2.60. The van der Waals surface area contributed by atoms with Gasteiger partial charge in [0.15, 0.2) is 0 Å². The maximum Gasteiger partial charge on any atom is 0.270 e. The largest absolute Gasteiger partial charge is 0.337 e. The lowest BCUT2D eigenvalue weighted by Gasteiger charge is -2.17. The summed E-state index contributed by atoms with van der Waals surface area (Å²) in [7, 11) is 1.69. The Morgan fingerprint density at radius 1 is 1.20 bits per heavy atom. The van der Waals surface area contributed by atoms with Crippen LogP contribution in [-0.2, 0) is 6.54 Å². The Balaban J connectivity index is 1.87. The van der Waals surface area contributed by atoms with Crippen LogP contribution in [0.15, 0.2) is 58.5 Å². The number of hydrogen-bond donors (Lipinski definition) is 0. The van der Waals surface area contributed by atoms with Gasteiger partial charge in [0.1, 0.15) is 11.2 Å². The summed E-state index contributed by atoms with van der Waals surface area (Å²) in [6, 6.07) is 11.7. The molecule has 25 heavy (non-hydrogen) atoms. The molecule has 0 fully saturated rings. The number of pyridine rings is 1. The number of carbonyl (C=O) groups is 1. The Labute approximate surface area is 150 Å². The maximum atomic E-state index is 12.7. The van der Waals surface area contributed by atoms with Gasteiger partial charge in [-0.1, -0.05) is 18.2 Å². The van der Waals surface area contributed by atoms with Crippen molar-refractivity contribution in [1.29, 1.82) is 0 Å². The highest BCUT2D eigenvalue weighted by atomic mass is 32.2. The number of hydrogen-bond acceptors (Lipinski definition) is 4. The molecular weight excluding hydrogens is 334 g/mol. The Morgan fingerprint density at radius 3 is 2.60 bits per heavy atom. The van der Waals surface area contributed by atoms with E-state index in [1.54, 1.807) is 31.1 Å². The van der Waals surface area contributed by atoms with Crippen LogP contribution in [0.2, 0.25) is 0 Å². The smallest absolute Gasteiger partial charge is 0.270 e. The van der Waals surface area contributed by atoms with Crippen LogP contribution in [0.1, 0.15) is 21.5 Å². The molecule has 0 bridgehead atoms. The van der Waals surface area contributed by atoms with Gasteiger partial charge in [0, 0.05) is 30.9 Å². The van der Waals surface area contributed by atoms with Crippen LogP contribution in [0.25, 0.3) is 5.65 Å². The van der Waals surface area contributed by atoms with Crippen LogP contribution in [0.3, 0.4) is 0 Å². The van der Waals surface area contributed by atoms with E-state index in [0.29, 0.717) is 12.2 Å². The van der Waals surface area contributed by atoms with Crippen LogP contribution >= 0.6 is 11.8 Å². The summed E-state index contributed by atoms with van der Waals surface area (Å²) in [4.78, 5) is 32.3. The zero-order valence-corrected chi connectivity index (χ0v) is 15.2. The molecule has 0 aliphatic carbocycles. The number of carbonyl (C=O) groups excluding carboxylic acids is 1. The van der Waals surface area contributed by atoms with Crippen molar-refractivity contribution in [2.45, 2.75) is 18.4 Å². The number of nitrogens with zero attached hydrogens (tertiary/aromatic N) is 3. The summed E-state index contributed by atoms with van der Waals surface area (Å²) < 4.78 is 1.42. The third kappa shape index (κ3) is 3.58. The van der Waals surface area contributed by atoms with Gasteiger partial charge in [0.05, 0.1) is 0 Å². The fraction of sp³-hybridized carbons (Fsp3) is 0.211. The van der Waals surface area contributed by atoms with E-state index in [-0.39, 0.29) is 17.0 Å². The molecule has 3 aromatic rings. The molecule has 3 rings (SSSR count). The summed E-state index contributed by atoms with van der Waals surface area (Å²) in [5.41, 5.74) is 2.21. The molecule has 0 saturated carbocycles. The molecule has 5 nitrogen and oxygen atoms in total. The van der Waals surface area contributed by atoms with Gasteiger partial charge < -0.3 is 4.90 Å². The number of aryl methyl sites for hydroxylation is 1. The van der Waals surface area contributed by atoms with Crippen molar-refractivity contribution in [3.8, 4) is 0 Å². The molecule has 0 spiro atoms. The van der Waals surface area contributed by atoms with Gasteiger partial charge in [-0.05, 0) is 42.5 Å². The molecule has 0 N–H and O–H groups in total. The lowest BCUT2D eigenvalue weighted by atomic mass is 10.2. The predicted octanol–water partition coefficient (Wildman–Crippen LogP) is 3.00. The van der Waals surface area contributed by atoms with E-state index in [1.807, 2.05) is 43.5 Å². The van der Waals surface area contributed by atoms with Crippen molar-refractivity contribution in [1.82, 2.24) is 14.3 Å². The van der Waals surface area contributed by atoms with Crippen LogP contribution in [0.5, 0.6) is 0 Å². The average Bonchev–Trinajstić information content (AvgIpc) is 2.62. The average molecular weight is 353 g/mol. The molecule has 2 heterocycles. The van der Waals surface area contributed by atoms with Crippen LogP contribution in [-0.4, -0.2) is 33.5 Å². The van der Waals surface area contributed by atoms with Crippen LogP contribution in [0.4, 0.5) is 0 Å². The van der Waals surface area contributed by atoms with Gasteiger partial charge in [0.2, 0.25) is 0 Å². The third-order valence-electron chi connectivity index (χ3n) is 4.01. The first-order valence-corrected chi connectivity index (χ1v) is 9.08. The van der Waals surface area contributed by atoms with Crippen molar-refractivity contribution in [3.63, 3.8) is 0 Å². The van der Waals surface area contributed by atoms with Crippen molar-refractivity contribution < 1.29 is 4.79 Å². The summed E-state index contributed by atoms with van der Waals surface area (Å²) >= 11 is 1.67. The number of thioether (sulfide) groups is 1. The first-order valence-electron chi connectivity index (χ1n) is 7.86. The minimum atomic E-state index is -0.344. The molecule has 0 aliphatic heterocycles. The highest BCUT2D eigenvalue weighted by molar-refractivity contribution is 7.98. The van der Waals surface area contributed by atoms with Gasteiger partial charge in [-0.25, -0.2) is 4.98 Å². The van der Waals surface area contributed by atoms with Crippen molar-refractivity contribution in [2.24, 2.45) is 0 Å². The van der Waals surface area contributed by atoms with E-state index >= 15 is 0 Å². The van der Waals surface area contributed by atoms with Crippen molar-refractivity contribution >= 4 is 23.3 Å². The van der Waals surface area contributed by atoms with E-state index in [4.69, 9.17) is 0 Å². The standard InChI is InChI=1S/C19H19N3O2S/c1-13-4-9-17-20-10-16(19(24)22(17)11-13)18(23)21(2)12-14-5-7-15(25-3)8-6-14/h4-11H,12H2,1-3H3. The maximum absolute atomic E-state index is 12.7. The lowest BCUT2D eigenvalue weighted by molar-refractivity contribution is 0.0782. The second-order valence-corrected chi connectivity index (χ2v) is 6.80. The zero-order valence-electron chi connectivity index (χ0n) is 14.4. The van der Waals surface area contributed by atoms with Gasteiger partial charge >= 0.3 is 0 Å². The fourth-order valence-electron chi connectivity index (χ4n) is 2.61. The first-order chi connectivity index (χ1) is 12.0. The topological polar surface area (TPSA) is 54.7 Å². The van der Waals surface area contributed by atoms with Gasteiger partial charge in [-0.15, -0.1) is 11.8 Å². The number of fused-ring (bicyclic) bond motifs is 1. The minimum Gasteiger partial charge on any atom is -0.337 e. The molecule has 6 heteroatoms. The van der Waals surface area contributed by atoms with Crippen molar-refractivity contribution in [2.75, 3.05) is 13.3 Å². The molecule has 0 atom stereocenters. The molecule has 0 aliphatic rings. The molecule has 1 amide bonds. The number of benzene rings is 1. The molecule has 128 valence electrons. The van der Waals surface area contributed by atoms with E-state index in [2.05, 4.69) is 4.98 Å². The Morgan fingerprint density at radius 2 is 1.92 bits per heavy atom. The second kappa shape index (κ2) is 7.11. The van der Waals surface area contributed by atoms with Crippen molar-refractivity contribution in [3.05, 3.63) is 75.8 Å². The van der Waals surface area contributed by atoms with E-state index in [1.165, 1.54) is 20.4 Å². The van der Waals surface area contributed by atoms with E-state index < -0.39 is 0 Å². The quantitative estimate of drug-likeness (QED) is 0.677. The van der Waals surface area contributed by atoms with Gasteiger partial charge in [-0.3, -0.25) is 14.0 Å². The predicted molar refractivity (Wildman–Crippen MR) is 100 cm³/mol. The Bertz CT molecular complexity index is 980. The number of rotatable bonds is 4. The van der Waals surface area contributed by atoms with E-state index in [0.717, 1.165) is 11.1 Å². The van der Waals surface area contributed by atoms with Crippen LogP contribution in [0, 0.1) is 6.92 Å². The molecule has 2 aromatic heterocycles. The zero-order chi connectivity index (χ0) is 18.0. The first kappa shape index (κ1) is 17.2. The fourth-order valence-corrected chi connectivity index (χ4v) is 3.02. The third-order valence-corrected chi connectivity index (χ3v) is 4.75. The molecule has 1 aromatic carbocycles. The highest BCUT2D eigenvalue weighted by Gasteiger charge is 2.17. The van der Waals surface area contributed by atoms with Gasteiger partial charge in [0.25, 0.3) is 11.5 Å². The Kier molecular flexibility index (Phi) is 4.90. The normalized spacial score (nSPS) is 10.8. The minimum absolute atomic E-state index is 0.0753. The number of amides is 1. The van der Waals surface area contributed by atoms with E-state index in [9.17, 15) is 9.59 Å². The second-order valence-electron chi connectivity index (χ2n) is 5.92. The molecule has 0 unspecified atom stereocenters. The monoisotopic (exact) mass is 353 g/mol. The molecular formula is C19H19N3O2S. The number of aromatic nitrogens is 2. The van der Waals surface area contributed by atoms with Gasteiger partial charge in [-0.2, -0.15) is 0 Å². The lowest BCUT2D eigenvalue weighted by Crippen LogP contribution is -2.33. The summed E-state index contributed by atoms with van der Waals surface area (Å²) in [6.07, 6.45) is 5.08. The SMILES string of the molecule is CSc1ccc(CN(C)C(=O)c2cnc3ccc(C)cn3c2=O)cc1. The summed E-state index contributed by atoms with van der Waals surface area (Å²) in [6.45, 7) is 2.33. The van der Waals surface area contributed by atoms with Crippen LogP contribution < -0.4 is 5.56 Å². The summed E-state index contributed by atoms with van der Waals surface area (Å²) in [5, 5.41) is 0. The summed E-state index contributed by atoms with van der Waals surface area (Å²) in [5.74, 6) is -0.331. The molecule has 0 radical (unpaired) electrons. The molecule has 0 saturated heterocycles.